The molecule has 3 heteroatoms. The molecule has 0 spiro atoms. The summed E-state index contributed by atoms with van der Waals surface area (Å²) < 4.78 is 13.5. The van der Waals surface area contributed by atoms with E-state index in [2.05, 4.69) is 11.8 Å². The number of hydrogen-bond donors (Lipinski definition) is 1. The van der Waals surface area contributed by atoms with Crippen molar-refractivity contribution in [2.45, 2.75) is 26.2 Å². The minimum Gasteiger partial charge on any atom is -0.366 e. The highest BCUT2D eigenvalue weighted by molar-refractivity contribution is 5.93. The van der Waals surface area contributed by atoms with Crippen LogP contribution >= 0.6 is 0 Å². The van der Waals surface area contributed by atoms with E-state index >= 15 is 0 Å². The van der Waals surface area contributed by atoms with Crippen molar-refractivity contribution < 1.29 is 9.18 Å². The van der Waals surface area contributed by atoms with Gasteiger partial charge in [-0.15, -0.1) is 0 Å². The van der Waals surface area contributed by atoms with Crippen LogP contribution in [0.25, 0.3) is 0 Å². The molecule has 0 bridgehead atoms. The van der Waals surface area contributed by atoms with Gasteiger partial charge in [-0.2, -0.15) is 0 Å². The number of nitrogens with two attached hydrogens (primary N) is 1. The molecule has 0 aromatic heterocycles. The smallest absolute Gasteiger partial charge is 0.245 e. The van der Waals surface area contributed by atoms with Gasteiger partial charge in [-0.1, -0.05) is 43.1 Å². The fourth-order valence-corrected chi connectivity index (χ4v) is 2.42. The summed E-state index contributed by atoms with van der Waals surface area (Å²) in [6.45, 7) is 2.00. The van der Waals surface area contributed by atoms with Crippen LogP contribution in [0.3, 0.4) is 0 Å². The predicted octanol–water partition coefficient (Wildman–Crippen LogP) is 4.05. The number of primary amides is 1. The molecular formula is C20H20FNO. The predicted molar refractivity (Wildman–Crippen MR) is 91.7 cm³/mol. The van der Waals surface area contributed by atoms with Crippen molar-refractivity contribution in [3.8, 4) is 11.8 Å². The molecule has 0 saturated carbocycles. The first-order valence-electron chi connectivity index (χ1n) is 7.75. The van der Waals surface area contributed by atoms with E-state index in [0.29, 0.717) is 12.0 Å². The van der Waals surface area contributed by atoms with Gasteiger partial charge in [-0.25, -0.2) is 4.39 Å². The second-order valence-corrected chi connectivity index (χ2v) is 5.42. The molecule has 2 rings (SSSR count). The minimum absolute atomic E-state index is 0.00849. The molecular weight excluding hydrogens is 289 g/mol. The Balaban J connectivity index is 2.24. The highest BCUT2D eigenvalue weighted by Gasteiger charge is 2.15. The zero-order valence-corrected chi connectivity index (χ0v) is 13.2. The minimum atomic E-state index is -0.409. The molecule has 2 aliphatic rings. The third-order valence-corrected chi connectivity index (χ3v) is 3.73. The molecule has 23 heavy (non-hydrogen) atoms. The topological polar surface area (TPSA) is 43.1 Å². The van der Waals surface area contributed by atoms with Crippen LogP contribution in [0, 0.1) is 17.8 Å². The molecule has 1 atom stereocenters. The Morgan fingerprint density at radius 1 is 1.35 bits per heavy atom. The van der Waals surface area contributed by atoms with E-state index < -0.39 is 5.91 Å². The molecule has 0 fully saturated rings. The normalized spacial score (nSPS) is 20.7. The summed E-state index contributed by atoms with van der Waals surface area (Å²) in [5, 5.41) is 0. The Morgan fingerprint density at radius 2 is 2.17 bits per heavy atom. The average Bonchev–Trinajstić information content (AvgIpc) is 2.71. The summed E-state index contributed by atoms with van der Waals surface area (Å²) in [5.74, 6) is 5.38. The largest absolute Gasteiger partial charge is 0.366 e. The Hall–Kier alpha value is -2.60. The van der Waals surface area contributed by atoms with Gasteiger partial charge in [0, 0.05) is 22.6 Å². The Bertz CT molecular complexity index is 720. The molecule has 2 N–H and O–H groups in total. The zero-order chi connectivity index (χ0) is 16.7. The Morgan fingerprint density at radius 3 is 2.91 bits per heavy atom. The number of rotatable bonds is 2. The number of amides is 1. The molecule has 0 aromatic carbocycles. The summed E-state index contributed by atoms with van der Waals surface area (Å²) in [4.78, 5) is 11.5. The first-order chi connectivity index (χ1) is 11.1. The van der Waals surface area contributed by atoms with Gasteiger partial charge in [-0.05, 0) is 43.6 Å². The van der Waals surface area contributed by atoms with E-state index in [0.717, 1.165) is 24.0 Å². The van der Waals surface area contributed by atoms with E-state index in [1.807, 2.05) is 25.2 Å². The molecule has 1 amide bonds. The van der Waals surface area contributed by atoms with Crippen molar-refractivity contribution in [1.82, 2.24) is 0 Å². The highest BCUT2D eigenvalue weighted by Crippen LogP contribution is 2.21. The van der Waals surface area contributed by atoms with Crippen molar-refractivity contribution in [2.75, 3.05) is 0 Å². The van der Waals surface area contributed by atoms with Gasteiger partial charge in [0.05, 0.1) is 0 Å². The first kappa shape index (κ1) is 16.8. The lowest BCUT2D eigenvalue weighted by molar-refractivity contribution is -0.114. The van der Waals surface area contributed by atoms with E-state index in [-0.39, 0.29) is 11.7 Å². The molecule has 0 saturated heterocycles. The Kier molecular flexibility index (Phi) is 5.94. The van der Waals surface area contributed by atoms with Gasteiger partial charge < -0.3 is 5.73 Å². The maximum atomic E-state index is 13.5. The summed E-state index contributed by atoms with van der Waals surface area (Å²) in [7, 11) is 0. The zero-order valence-electron chi connectivity index (χ0n) is 13.2. The van der Waals surface area contributed by atoms with Crippen molar-refractivity contribution in [3.05, 3.63) is 71.2 Å². The molecule has 0 aliphatic heterocycles. The van der Waals surface area contributed by atoms with E-state index in [9.17, 15) is 9.18 Å². The molecule has 0 heterocycles. The first-order valence-corrected chi connectivity index (χ1v) is 7.75. The van der Waals surface area contributed by atoms with Crippen LogP contribution in [0.4, 0.5) is 4.39 Å². The monoisotopic (exact) mass is 309 g/mol. The van der Waals surface area contributed by atoms with E-state index in [4.69, 9.17) is 5.73 Å². The van der Waals surface area contributed by atoms with Crippen molar-refractivity contribution in [2.24, 2.45) is 11.7 Å². The summed E-state index contributed by atoms with van der Waals surface area (Å²) >= 11 is 0. The van der Waals surface area contributed by atoms with Crippen LogP contribution in [0.5, 0.6) is 0 Å². The maximum absolute atomic E-state index is 13.5. The van der Waals surface area contributed by atoms with Gasteiger partial charge in [0.25, 0.3) is 0 Å². The second-order valence-electron chi connectivity index (χ2n) is 5.42. The number of hydrogen-bond acceptors (Lipinski definition) is 1. The molecule has 0 aromatic rings. The molecule has 1 unspecified atom stereocenters. The lowest BCUT2D eigenvalue weighted by atomic mass is 9.96. The maximum Gasteiger partial charge on any atom is 0.245 e. The SMILES string of the molecule is CCC1C=CC(C#CC2=CC(F)=CC=CCC2)=CC=C1C(N)=O. The average molecular weight is 309 g/mol. The van der Waals surface area contributed by atoms with Crippen LogP contribution in [0.2, 0.25) is 0 Å². The van der Waals surface area contributed by atoms with E-state index in [1.54, 1.807) is 18.2 Å². The fraction of sp³-hybridized carbons (Fsp3) is 0.250. The lowest BCUT2D eigenvalue weighted by Gasteiger charge is -2.09. The third-order valence-electron chi connectivity index (χ3n) is 3.73. The van der Waals surface area contributed by atoms with Gasteiger partial charge >= 0.3 is 0 Å². The number of allylic oxidation sites excluding steroid dienone is 11. The van der Waals surface area contributed by atoms with Crippen molar-refractivity contribution in [3.63, 3.8) is 0 Å². The standard InChI is InChI=1S/C20H20FNO/c1-2-17-12-10-15(11-13-19(17)20(22)23)8-9-16-6-4-3-5-7-18(21)14-16/h3,5,7,10-14,17H,2,4,6H2,1H3,(H2,22,23). The number of carbonyl (C=O) groups is 1. The molecule has 2 aliphatic carbocycles. The van der Waals surface area contributed by atoms with E-state index in [1.165, 1.54) is 12.2 Å². The van der Waals surface area contributed by atoms with Gasteiger partial charge in [0.2, 0.25) is 5.91 Å². The van der Waals surface area contributed by atoms with Crippen molar-refractivity contribution >= 4 is 5.91 Å². The van der Waals surface area contributed by atoms with Crippen LogP contribution in [0.1, 0.15) is 26.2 Å². The summed E-state index contributed by atoms with van der Waals surface area (Å²) in [5.41, 5.74) is 7.54. The van der Waals surface area contributed by atoms with Gasteiger partial charge in [0.15, 0.2) is 0 Å². The van der Waals surface area contributed by atoms with Gasteiger partial charge in [0.1, 0.15) is 5.83 Å². The highest BCUT2D eigenvalue weighted by atomic mass is 19.1. The fourth-order valence-electron chi connectivity index (χ4n) is 2.42. The van der Waals surface area contributed by atoms with Crippen molar-refractivity contribution in [1.29, 1.82) is 0 Å². The number of carbonyl (C=O) groups excluding carboxylic acids is 1. The second kappa shape index (κ2) is 8.14. The van der Waals surface area contributed by atoms with Crippen LogP contribution < -0.4 is 5.73 Å². The van der Waals surface area contributed by atoms with Crippen LogP contribution in [-0.4, -0.2) is 5.91 Å². The quantitative estimate of drug-likeness (QED) is 0.768. The molecule has 2 nitrogen and oxygen atoms in total. The molecule has 118 valence electrons. The lowest BCUT2D eigenvalue weighted by Crippen LogP contribution is -2.19. The van der Waals surface area contributed by atoms with Gasteiger partial charge in [-0.3, -0.25) is 4.79 Å². The Labute approximate surface area is 136 Å². The summed E-state index contributed by atoms with van der Waals surface area (Å²) in [6, 6.07) is 0. The third kappa shape index (κ3) is 4.96. The summed E-state index contributed by atoms with van der Waals surface area (Å²) in [6.07, 6.45) is 16.2. The number of halogens is 1. The van der Waals surface area contributed by atoms with Crippen LogP contribution in [0.15, 0.2) is 71.2 Å². The molecule has 0 radical (unpaired) electrons. The van der Waals surface area contributed by atoms with Crippen LogP contribution in [-0.2, 0) is 4.79 Å².